The first kappa shape index (κ1) is 18.7. The van der Waals surface area contributed by atoms with Crippen molar-refractivity contribution in [3.05, 3.63) is 65.4 Å². The van der Waals surface area contributed by atoms with Gasteiger partial charge in [-0.2, -0.15) is 0 Å². The third-order valence-electron chi connectivity index (χ3n) is 5.23. The van der Waals surface area contributed by atoms with Crippen LogP contribution in [0.4, 0.5) is 5.69 Å². The van der Waals surface area contributed by atoms with Gasteiger partial charge < -0.3 is 4.52 Å². The highest BCUT2D eigenvalue weighted by molar-refractivity contribution is 7.93. The van der Waals surface area contributed by atoms with E-state index in [2.05, 4.69) is 5.16 Å². The van der Waals surface area contributed by atoms with E-state index in [-0.39, 0.29) is 12.0 Å². The van der Waals surface area contributed by atoms with Crippen molar-refractivity contribution in [3.63, 3.8) is 0 Å². The first-order valence-corrected chi connectivity index (χ1v) is 10.9. The molecule has 0 saturated carbocycles. The number of anilines is 1. The van der Waals surface area contributed by atoms with Crippen molar-refractivity contribution in [2.24, 2.45) is 0 Å². The van der Waals surface area contributed by atoms with Gasteiger partial charge in [0, 0.05) is 17.7 Å². The number of hydrogen-bond acceptors (Lipinski definition) is 4. The van der Waals surface area contributed by atoms with Gasteiger partial charge >= 0.3 is 0 Å². The van der Waals surface area contributed by atoms with E-state index in [4.69, 9.17) is 4.52 Å². The Labute approximate surface area is 166 Å². The molecule has 6 heteroatoms. The van der Waals surface area contributed by atoms with Gasteiger partial charge in [0.2, 0.25) is 0 Å². The fraction of sp³-hybridized carbons (Fsp3) is 0.318. The number of fused-ring (bicyclic) bond motifs is 1. The van der Waals surface area contributed by atoms with Crippen molar-refractivity contribution >= 4 is 15.7 Å². The summed E-state index contributed by atoms with van der Waals surface area (Å²) in [5.41, 5.74) is 4.10. The quantitative estimate of drug-likeness (QED) is 0.628. The first-order chi connectivity index (χ1) is 13.3. The summed E-state index contributed by atoms with van der Waals surface area (Å²) in [5.74, 6) is 0.641. The molecule has 1 aromatic heterocycles. The smallest absolute Gasteiger partial charge is 0.264 e. The lowest BCUT2D eigenvalue weighted by atomic mass is 10.0. The molecule has 0 fully saturated rings. The van der Waals surface area contributed by atoms with E-state index >= 15 is 0 Å². The van der Waals surface area contributed by atoms with Crippen LogP contribution in [-0.4, -0.2) is 19.6 Å². The summed E-state index contributed by atoms with van der Waals surface area (Å²) in [4.78, 5) is 0.331. The molecule has 1 unspecified atom stereocenters. The molecule has 2 aromatic carbocycles. The molecule has 28 heavy (non-hydrogen) atoms. The zero-order chi connectivity index (χ0) is 20.1. The van der Waals surface area contributed by atoms with Gasteiger partial charge in [-0.25, -0.2) is 8.42 Å². The molecule has 0 N–H and O–H groups in total. The van der Waals surface area contributed by atoms with Gasteiger partial charge in [-0.3, -0.25) is 4.31 Å². The molecule has 0 amide bonds. The Morgan fingerprint density at radius 1 is 1.14 bits per heavy atom. The molecule has 1 aliphatic rings. The van der Waals surface area contributed by atoms with Gasteiger partial charge in [0.25, 0.3) is 10.0 Å². The van der Waals surface area contributed by atoms with Crippen LogP contribution in [0, 0.1) is 6.92 Å². The molecule has 2 heterocycles. The zero-order valence-corrected chi connectivity index (χ0v) is 17.3. The van der Waals surface area contributed by atoms with Crippen LogP contribution in [-0.2, 0) is 16.4 Å². The van der Waals surface area contributed by atoms with Crippen molar-refractivity contribution in [1.82, 2.24) is 5.16 Å². The Kier molecular flexibility index (Phi) is 4.54. The number of aryl methyl sites for hydroxylation is 1. The lowest BCUT2D eigenvalue weighted by molar-refractivity contribution is 0.427. The minimum Gasteiger partial charge on any atom is -0.356 e. The normalized spacial score (nSPS) is 16.6. The SMILES string of the molecule is Cc1cc(-c2ccc(C(C)C)c(S(=O)(=O)N3c4ccccc4CC3C)c2)on1. The molecule has 1 atom stereocenters. The molecule has 3 aromatic rings. The Balaban J connectivity index is 1.89. The van der Waals surface area contributed by atoms with E-state index in [9.17, 15) is 8.42 Å². The molecule has 4 rings (SSSR count). The fourth-order valence-corrected chi connectivity index (χ4v) is 5.97. The summed E-state index contributed by atoms with van der Waals surface area (Å²) < 4.78 is 34.5. The molecule has 0 aliphatic carbocycles. The Bertz CT molecular complexity index is 1130. The predicted octanol–water partition coefficient (Wildman–Crippen LogP) is 4.91. The second-order valence-electron chi connectivity index (χ2n) is 7.72. The minimum atomic E-state index is -3.73. The van der Waals surface area contributed by atoms with Crippen LogP contribution < -0.4 is 4.31 Å². The van der Waals surface area contributed by atoms with Gasteiger partial charge in [0.05, 0.1) is 16.3 Å². The van der Waals surface area contributed by atoms with Gasteiger partial charge in [-0.1, -0.05) is 49.3 Å². The summed E-state index contributed by atoms with van der Waals surface area (Å²) in [7, 11) is -3.73. The molecular weight excluding hydrogens is 372 g/mol. The van der Waals surface area contributed by atoms with E-state index in [1.165, 1.54) is 0 Å². The van der Waals surface area contributed by atoms with Crippen LogP contribution in [0.2, 0.25) is 0 Å². The van der Waals surface area contributed by atoms with Crippen LogP contribution in [0.3, 0.4) is 0 Å². The number of para-hydroxylation sites is 1. The van der Waals surface area contributed by atoms with E-state index in [0.717, 1.165) is 22.5 Å². The average molecular weight is 397 g/mol. The first-order valence-electron chi connectivity index (χ1n) is 9.49. The number of sulfonamides is 1. The Morgan fingerprint density at radius 3 is 2.57 bits per heavy atom. The van der Waals surface area contributed by atoms with Gasteiger partial charge in [0.15, 0.2) is 5.76 Å². The maximum atomic E-state index is 13.8. The van der Waals surface area contributed by atoms with Crippen LogP contribution >= 0.6 is 0 Å². The molecular formula is C22H24N2O3S. The Morgan fingerprint density at radius 2 is 1.89 bits per heavy atom. The van der Waals surface area contributed by atoms with E-state index in [1.54, 1.807) is 10.4 Å². The van der Waals surface area contributed by atoms with E-state index in [1.807, 2.05) is 70.2 Å². The van der Waals surface area contributed by atoms with Crippen LogP contribution in [0.25, 0.3) is 11.3 Å². The van der Waals surface area contributed by atoms with Crippen molar-refractivity contribution in [2.75, 3.05) is 4.31 Å². The predicted molar refractivity (Wildman–Crippen MR) is 110 cm³/mol. The lowest BCUT2D eigenvalue weighted by Gasteiger charge is -2.26. The van der Waals surface area contributed by atoms with Gasteiger partial charge in [-0.05, 0) is 49.4 Å². The summed E-state index contributed by atoms with van der Waals surface area (Å²) in [6.07, 6.45) is 0.716. The number of hydrogen-bond donors (Lipinski definition) is 0. The molecule has 0 radical (unpaired) electrons. The maximum Gasteiger partial charge on any atom is 0.264 e. The lowest BCUT2D eigenvalue weighted by Crippen LogP contribution is -2.36. The maximum absolute atomic E-state index is 13.8. The third-order valence-corrected chi connectivity index (χ3v) is 7.21. The van der Waals surface area contributed by atoms with Crippen LogP contribution in [0.15, 0.2) is 57.9 Å². The standard InChI is InChI=1S/C22H24N2O3S/c1-14(2)19-10-9-18(21-11-15(3)23-27-21)13-22(19)28(25,26)24-16(4)12-17-7-5-6-8-20(17)24/h5-11,13-14,16H,12H2,1-4H3. The molecule has 5 nitrogen and oxygen atoms in total. The molecule has 0 saturated heterocycles. The molecule has 1 aliphatic heterocycles. The highest BCUT2D eigenvalue weighted by atomic mass is 32.2. The molecule has 0 spiro atoms. The van der Waals surface area contributed by atoms with E-state index < -0.39 is 10.0 Å². The summed E-state index contributed by atoms with van der Waals surface area (Å²) in [6.45, 7) is 7.81. The third kappa shape index (κ3) is 3.02. The van der Waals surface area contributed by atoms with Crippen molar-refractivity contribution in [3.8, 4) is 11.3 Å². The zero-order valence-electron chi connectivity index (χ0n) is 16.5. The van der Waals surface area contributed by atoms with Crippen LogP contribution in [0.1, 0.15) is 43.5 Å². The largest absolute Gasteiger partial charge is 0.356 e. The van der Waals surface area contributed by atoms with E-state index in [0.29, 0.717) is 22.6 Å². The molecule has 0 bridgehead atoms. The van der Waals surface area contributed by atoms with Gasteiger partial charge in [0.1, 0.15) is 0 Å². The Hall–Kier alpha value is -2.60. The number of aromatic nitrogens is 1. The summed E-state index contributed by atoms with van der Waals surface area (Å²) in [5, 5.41) is 3.93. The van der Waals surface area contributed by atoms with Gasteiger partial charge in [-0.15, -0.1) is 0 Å². The summed E-state index contributed by atoms with van der Waals surface area (Å²) >= 11 is 0. The van der Waals surface area contributed by atoms with Crippen molar-refractivity contribution in [2.45, 2.75) is 51.0 Å². The fourth-order valence-electron chi connectivity index (χ4n) is 3.90. The minimum absolute atomic E-state index is 0.0726. The second-order valence-corrected chi connectivity index (χ2v) is 9.51. The second kappa shape index (κ2) is 6.78. The molecule has 146 valence electrons. The summed E-state index contributed by atoms with van der Waals surface area (Å²) in [6, 6.07) is 14.9. The number of rotatable bonds is 4. The topological polar surface area (TPSA) is 63.4 Å². The van der Waals surface area contributed by atoms with Crippen molar-refractivity contribution in [1.29, 1.82) is 0 Å². The van der Waals surface area contributed by atoms with Crippen LogP contribution in [0.5, 0.6) is 0 Å². The average Bonchev–Trinajstić information content (AvgIpc) is 3.23. The number of nitrogens with zero attached hydrogens (tertiary/aromatic N) is 2. The number of benzene rings is 2. The highest BCUT2D eigenvalue weighted by Gasteiger charge is 2.37. The monoisotopic (exact) mass is 396 g/mol. The highest BCUT2D eigenvalue weighted by Crippen LogP contribution is 2.39. The van der Waals surface area contributed by atoms with Crippen molar-refractivity contribution < 1.29 is 12.9 Å².